The van der Waals surface area contributed by atoms with E-state index in [4.69, 9.17) is 5.73 Å². The van der Waals surface area contributed by atoms with Gasteiger partial charge in [-0.3, -0.25) is 4.98 Å². The maximum atomic E-state index is 5.90. The highest BCUT2D eigenvalue weighted by Gasteiger charge is 2.24. The molecule has 1 aliphatic rings. The quantitative estimate of drug-likeness (QED) is 0.889. The monoisotopic (exact) mass is 247 g/mol. The second-order valence-corrected chi connectivity index (χ2v) is 5.44. The Balaban J connectivity index is 2.23. The molecule has 2 N–H and O–H groups in total. The average Bonchev–Trinajstić information content (AvgIpc) is 2.77. The van der Waals surface area contributed by atoms with Crippen molar-refractivity contribution in [3.8, 4) is 0 Å². The van der Waals surface area contributed by atoms with E-state index >= 15 is 0 Å². The molecule has 2 heterocycles. The molecule has 3 heteroatoms. The number of hydrogen-bond acceptors (Lipinski definition) is 3. The molecule has 0 radical (unpaired) electrons. The third kappa shape index (κ3) is 2.66. The largest absolute Gasteiger partial charge is 0.371 e. The number of aromatic nitrogens is 1. The van der Waals surface area contributed by atoms with Crippen LogP contribution >= 0.6 is 0 Å². The van der Waals surface area contributed by atoms with Crippen LogP contribution in [-0.4, -0.2) is 18.1 Å². The van der Waals surface area contributed by atoms with E-state index in [0.29, 0.717) is 6.54 Å². The van der Waals surface area contributed by atoms with Gasteiger partial charge in [0.05, 0.1) is 0 Å². The van der Waals surface area contributed by atoms with Crippen LogP contribution < -0.4 is 10.6 Å². The lowest BCUT2D eigenvalue weighted by atomic mass is 10.0. The minimum atomic E-state index is 0.587. The Kier molecular flexibility index (Phi) is 4.23. The Hall–Kier alpha value is -1.09. The van der Waals surface area contributed by atoms with Gasteiger partial charge in [0.2, 0.25) is 0 Å². The summed E-state index contributed by atoms with van der Waals surface area (Å²) >= 11 is 0. The number of anilines is 1. The first-order valence-electron chi connectivity index (χ1n) is 7.07. The van der Waals surface area contributed by atoms with E-state index in [2.05, 4.69) is 36.7 Å². The summed E-state index contributed by atoms with van der Waals surface area (Å²) in [6.45, 7) is 9.34. The number of hydrogen-bond donors (Lipinski definition) is 1. The van der Waals surface area contributed by atoms with Crippen molar-refractivity contribution in [2.75, 3.05) is 18.0 Å². The molecule has 1 aromatic heterocycles. The van der Waals surface area contributed by atoms with E-state index in [1.54, 1.807) is 0 Å². The first kappa shape index (κ1) is 13.3. The number of pyridine rings is 1. The number of rotatable bonds is 4. The van der Waals surface area contributed by atoms with Crippen molar-refractivity contribution in [2.45, 2.75) is 46.6 Å². The fourth-order valence-electron chi connectivity index (χ4n) is 3.06. The van der Waals surface area contributed by atoms with Gasteiger partial charge in [-0.05, 0) is 38.7 Å². The molecule has 0 bridgehead atoms. The van der Waals surface area contributed by atoms with Crippen molar-refractivity contribution < 1.29 is 0 Å². The Morgan fingerprint density at radius 2 is 2.22 bits per heavy atom. The topological polar surface area (TPSA) is 42.2 Å². The molecule has 18 heavy (non-hydrogen) atoms. The van der Waals surface area contributed by atoms with E-state index in [0.717, 1.165) is 17.3 Å². The number of aryl methyl sites for hydroxylation is 2. The molecular formula is C15H25N3. The lowest BCUT2D eigenvalue weighted by molar-refractivity contribution is 0.529. The molecule has 0 amide bonds. The molecule has 0 aliphatic carbocycles. The molecule has 0 spiro atoms. The SMILES string of the molecule is CCCC1CCN(c2cc(C)nc(C)c2CN)C1. The molecule has 3 nitrogen and oxygen atoms in total. The first-order valence-corrected chi connectivity index (χ1v) is 7.07. The minimum Gasteiger partial charge on any atom is -0.371 e. The second-order valence-electron chi connectivity index (χ2n) is 5.44. The molecule has 100 valence electrons. The Morgan fingerprint density at radius 3 is 2.89 bits per heavy atom. The van der Waals surface area contributed by atoms with Gasteiger partial charge in [0.15, 0.2) is 0 Å². The van der Waals surface area contributed by atoms with Gasteiger partial charge >= 0.3 is 0 Å². The van der Waals surface area contributed by atoms with Crippen LogP contribution in [0.2, 0.25) is 0 Å². The Morgan fingerprint density at radius 1 is 1.44 bits per heavy atom. The van der Waals surface area contributed by atoms with Crippen molar-refractivity contribution in [2.24, 2.45) is 11.7 Å². The highest BCUT2D eigenvalue weighted by molar-refractivity contribution is 5.56. The van der Waals surface area contributed by atoms with Crippen molar-refractivity contribution in [3.63, 3.8) is 0 Å². The minimum absolute atomic E-state index is 0.587. The molecule has 1 unspecified atom stereocenters. The third-order valence-corrected chi connectivity index (χ3v) is 3.96. The zero-order valence-electron chi connectivity index (χ0n) is 11.9. The van der Waals surface area contributed by atoms with Crippen LogP contribution in [0.15, 0.2) is 6.07 Å². The zero-order valence-corrected chi connectivity index (χ0v) is 11.9. The Bertz CT molecular complexity index is 414. The summed E-state index contributed by atoms with van der Waals surface area (Å²) in [5, 5.41) is 0. The fraction of sp³-hybridized carbons (Fsp3) is 0.667. The highest BCUT2D eigenvalue weighted by atomic mass is 15.2. The summed E-state index contributed by atoms with van der Waals surface area (Å²) < 4.78 is 0. The summed E-state index contributed by atoms with van der Waals surface area (Å²) in [6.07, 6.45) is 3.95. The summed E-state index contributed by atoms with van der Waals surface area (Å²) in [5.74, 6) is 0.856. The molecule has 1 atom stereocenters. The van der Waals surface area contributed by atoms with Gasteiger partial charge in [-0.15, -0.1) is 0 Å². The van der Waals surface area contributed by atoms with Gasteiger partial charge in [-0.1, -0.05) is 13.3 Å². The van der Waals surface area contributed by atoms with Crippen LogP contribution in [0.5, 0.6) is 0 Å². The van der Waals surface area contributed by atoms with Crippen LogP contribution in [-0.2, 0) is 6.54 Å². The highest BCUT2D eigenvalue weighted by Crippen LogP contribution is 2.30. The fourth-order valence-corrected chi connectivity index (χ4v) is 3.06. The molecule has 1 aliphatic heterocycles. The molecule has 1 aromatic rings. The maximum Gasteiger partial charge on any atom is 0.0448 e. The van der Waals surface area contributed by atoms with Crippen LogP contribution in [0.1, 0.15) is 43.1 Å². The molecule has 0 aromatic carbocycles. The molecule has 1 saturated heterocycles. The maximum absolute atomic E-state index is 5.90. The second kappa shape index (κ2) is 5.70. The van der Waals surface area contributed by atoms with Gasteiger partial charge in [0, 0.05) is 42.3 Å². The molecule has 1 fully saturated rings. The van der Waals surface area contributed by atoms with E-state index in [1.807, 2.05) is 0 Å². The third-order valence-electron chi connectivity index (χ3n) is 3.96. The van der Waals surface area contributed by atoms with Crippen molar-refractivity contribution in [3.05, 3.63) is 23.0 Å². The van der Waals surface area contributed by atoms with Gasteiger partial charge in [-0.25, -0.2) is 0 Å². The van der Waals surface area contributed by atoms with E-state index in [9.17, 15) is 0 Å². The van der Waals surface area contributed by atoms with Gasteiger partial charge in [-0.2, -0.15) is 0 Å². The zero-order chi connectivity index (χ0) is 13.1. The van der Waals surface area contributed by atoms with Crippen molar-refractivity contribution >= 4 is 5.69 Å². The predicted octanol–water partition coefficient (Wildman–Crippen LogP) is 2.78. The summed E-state index contributed by atoms with van der Waals surface area (Å²) in [6, 6.07) is 2.20. The van der Waals surface area contributed by atoms with E-state index in [1.165, 1.54) is 43.6 Å². The molecule has 2 rings (SSSR count). The van der Waals surface area contributed by atoms with Crippen molar-refractivity contribution in [1.82, 2.24) is 4.98 Å². The predicted molar refractivity (Wildman–Crippen MR) is 76.8 cm³/mol. The van der Waals surface area contributed by atoms with Crippen LogP contribution in [0, 0.1) is 19.8 Å². The number of nitrogens with zero attached hydrogens (tertiary/aromatic N) is 2. The first-order chi connectivity index (χ1) is 8.65. The van der Waals surface area contributed by atoms with Crippen LogP contribution in [0.25, 0.3) is 0 Å². The number of nitrogens with two attached hydrogens (primary N) is 1. The summed E-state index contributed by atoms with van der Waals surface area (Å²) in [5.41, 5.74) is 10.6. The van der Waals surface area contributed by atoms with E-state index in [-0.39, 0.29) is 0 Å². The average molecular weight is 247 g/mol. The van der Waals surface area contributed by atoms with Gasteiger partial charge in [0.1, 0.15) is 0 Å². The van der Waals surface area contributed by atoms with Crippen molar-refractivity contribution in [1.29, 1.82) is 0 Å². The normalized spacial score (nSPS) is 19.6. The lowest BCUT2D eigenvalue weighted by Crippen LogP contribution is -2.23. The molecular weight excluding hydrogens is 222 g/mol. The Labute approximate surface area is 110 Å². The smallest absolute Gasteiger partial charge is 0.0448 e. The molecule has 0 saturated carbocycles. The summed E-state index contributed by atoms with van der Waals surface area (Å²) in [4.78, 5) is 7.03. The summed E-state index contributed by atoms with van der Waals surface area (Å²) in [7, 11) is 0. The van der Waals surface area contributed by atoms with Crippen LogP contribution in [0.3, 0.4) is 0 Å². The van der Waals surface area contributed by atoms with E-state index < -0.39 is 0 Å². The lowest BCUT2D eigenvalue weighted by Gasteiger charge is -2.23. The van der Waals surface area contributed by atoms with Gasteiger partial charge < -0.3 is 10.6 Å². The standard InChI is InChI=1S/C15H25N3/c1-4-5-13-6-7-18(10-13)15-8-11(2)17-12(3)14(15)9-16/h8,13H,4-7,9-10,16H2,1-3H3. The van der Waals surface area contributed by atoms with Crippen LogP contribution in [0.4, 0.5) is 5.69 Å². The van der Waals surface area contributed by atoms with Gasteiger partial charge in [0.25, 0.3) is 0 Å².